The Balaban J connectivity index is 1.21. The van der Waals surface area contributed by atoms with Crippen LogP contribution in [0.1, 0.15) is 23.3 Å². The number of Topliss-reactive ketones (excluding diaryl/α,β-unsaturated/α-hetero) is 1. The normalized spacial score (nSPS) is 23.8. The van der Waals surface area contributed by atoms with Crippen LogP contribution in [0.4, 0.5) is 10.5 Å². The van der Waals surface area contributed by atoms with Crippen LogP contribution in [0.3, 0.4) is 0 Å². The second kappa shape index (κ2) is 9.30. The van der Waals surface area contributed by atoms with Crippen LogP contribution in [-0.4, -0.2) is 63.6 Å². The van der Waals surface area contributed by atoms with Crippen LogP contribution in [0, 0.1) is 0 Å². The molecule has 0 radical (unpaired) electrons. The lowest BCUT2D eigenvalue weighted by atomic mass is 10.1. The van der Waals surface area contributed by atoms with Gasteiger partial charge in [0.1, 0.15) is 18.2 Å². The molecule has 170 valence electrons. The van der Waals surface area contributed by atoms with Gasteiger partial charge in [-0.15, -0.1) is 5.10 Å². The minimum absolute atomic E-state index is 0.0425. The lowest BCUT2D eigenvalue weighted by Crippen LogP contribution is -2.35. The Bertz CT molecular complexity index is 1140. The van der Waals surface area contributed by atoms with Crippen molar-refractivity contribution < 1.29 is 23.8 Å². The molecule has 10 nitrogen and oxygen atoms in total. The molecular weight excluding hydrogens is 446 g/mol. The van der Waals surface area contributed by atoms with Crippen LogP contribution in [0.2, 0.25) is 0 Å². The first-order valence-corrected chi connectivity index (χ1v) is 11.2. The van der Waals surface area contributed by atoms with E-state index in [4.69, 9.17) is 14.2 Å². The number of nitrogens with one attached hydrogen (secondary N) is 1. The summed E-state index contributed by atoms with van der Waals surface area (Å²) in [5.41, 5.74) is 1.10. The van der Waals surface area contributed by atoms with Crippen molar-refractivity contribution >= 4 is 29.3 Å². The predicted molar refractivity (Wildman–Crippen MR) is 117 cm³/mol. The van der Waals surface area contributed by atoms with Gasteiger partial charge >= 0.3 is 6.09 Å². The second-order valence-corrected chi connectivity index (χ2v) is 8.73. The lowest BCUT2D eigenvalue weighted by molar-refractivity contribution is 0.00751. The monoisotopic (exact) mass is 467 g/mol. The molecule has 2 fully saturated rings. The fourth-order valence-corrected chi connectivity index (χ4v) is 4.73. The van der Waals surface area contributed by atoms with Crippen molar-refractivity contribution in [2.24, 2.45) is 0 Å². The van der Waals surface area contributed by atoms with Gasteiger partial charge in [-0.1, -0.05) is 18.2 Å². The van der Waals surface area contributed by atoms with Gasteiger partial charge < -0.3 is 14.2 Å². The first-order valence-electron chi connectivity index (χ1n) is 10.4. The Morgan fingerprint density at radius 2 is 1.82 bits per heavy atom. The molecule has 11 heteroatoms. The number of nitrogens with zero attached hydrogens (tertiary/aromatic N) is 4. The molecule has 1 amide bonds. The van der Waals surface area contributed by atoms with E-state index in [2.05, 4.69) is 20.8 Å². The molecule has 0 saturated carbocycles. The molecule has 1 N–H and O–H groups in total. The van der Waals surface area contributed by atoms with E-state index in [-0.39, 0.29) is 24.5 Å². The summed E-state index contributed by atoms with van der Waals surface area (Å²) in [5.74, 6) is -0.0425. The number of benzene rings is 2. The molecule has 3 heterocycles. The highest BCUT2D eigenvalue weighted by atomic mass is 32.2. The minimum Gasteiger partial charge on any atom is -0.441 e. The zero-order valence-corrected chi connectivity index (χ0v) is 18.5. The Morgan fingerprint density at radius 1 is 1.06 bits per heavy atom. The minimum atomic E-state index is -0.616. The van der Waals surface area contributed by atoms with Gasteiger partial charge in [0, 0.05) is 16.1 Å². The first kappa shape index (κ1) is 21.6. The maximum absolute atomic E-state index is 12.4. The third-order valence-electron chi connectivity index (χ3n) is 5.51. The summed E-state index contributed by atoms with van der Waals surface area (Å²) in [4.78, 5) is 24.8. The number of ketones is 1. The summed E-state index contributed by atoms with van der Waals surface area (Å²) in [6.45, 7) is 2.04. The number of aromatic nitrogens is 4. The number of anilines is 1. The smallest absolute Gasteiger partial charge is 0.412 e. The van der Waals surface area contributed by atoms with E-state index in [1.807, 2.05) is 30.3 Å². The molecule has 0 unspecified atom stereocenters. The van der Waals surface area contributed by atoms with Crippen molar-refractivity contribution in [3.63, 3.8) is 0 Å². The van der Waals surface area contributed by atoms with E-state index in [0.29, 0.717) is 23.0 Å². The number of hydrogen-bond donors (Lipinski definition) is 1. The van der Waals surface area contributed by atoms with Gasteiger partial charge in [-0.2, -0.15) is 0 Å². The third kappa shape index (κ3) is 4.61. The number of amides is 1. The summed E-state index contributed by atoms with van der Waals surface area (Å²) >= 11 is 1.46. The van der Waals surface area contributed by atoms with E-state index < -0.39 is 18.3 Å². The summed E-state index contributed by atoms with van der Waals surface area (Å²) < 4.78 is 19.1. The van der Waals surface area contributed by atoms with Crippen LogP contribution in [0.25, 0.3) is 0 Å². The molecule has 0 spiro atoms. The Kier molecular flexibility index (Phi) is 6.07. The Morgan fingerprint density at radius 3 is 2.58 bits per heavy atom. The Labute approximate surface area is 193 Å². The van der Waals surface area contributed by atoms with Gasteiger partial charge in [0.25, 0.3) is 0 Å². The largest absolute Gasteiger partial charge is 0.441 e. The fourth-order valence-electron chi connectivity index (χ4n) is 3.88. The molecule has 3 aromatic rings. The van der Waals surface area contributed by atoms with Crippen LogP contribution in [0.15, 0.2) is 64.6 Å². The van der Waals surface area contributed by atoms with Crippen LogP contribution >= 0.6 is 11.8 Å². The number of fused-ring (bicyclic) bond motifs is 1. The summed E-state index contributed by atoms with van der Waals surface area (Å²) in [6.07, 6.45) is -1.93. The van der Waals surface area contributed by atoms with Crippen molar-refractivity contribution in [1.82, 2.24) is 20.2 Å². The van der Waals surface area contributed by atoms with E-state index in [9.17, 15) is 9.59 Å². The maximum atomic E-state index is 12.4. The lowest BCUT2D eigenvalue weighted by Gasteiger charge is -2.17. The number of carbonyl (C=O) groups is 2. The van der Waals surface area contributed by atoms with Gasteiger partial charge in [0.15, 0.2) is 11.9 Å². The van der Waals surface area contributed by atoms with Crippen molar-refractivity contribution in [3.8, 4) is 0 Å². The van der Waals surface area contributed by atoms with Crippen molar-refractivity contribution in [2.45, 2.75) is 41.3 Å². The van der Waals surface area contributed by atoms with Crippen molar-refractivity contribution in [2.75, 3.05) is 18.5 Å². The quantitative estimate of drug-likeness (QED) is 0.546. The first-order chi connectivity index (χ1) is 16.1. The third-order valence-corrected chi connectivity index (χ3v) is 6.47. The number of rotatable bonds is 6. The molecule has 0 aliphatic carbocycles. The Hall–Kier alpha value is -3.28. The zero-order valence-electron chi connectivity index (χ0n) is 17.7. The average Bonchev–Trinajstić information content (AvgIpc) is 3.53. The second-order valence-electron chi connectivity index (χ2n) is 7.69. The summed E-state index contributed by atoms with van der Waals surface area (Å²) in [6, 6.07) is 16.2. The molecule has 2 saturated heterocycles. The summed E-state index contributed by atoms with van der Waals surface area (Å²) in [5, 5.41) is 15.4. The highest BCUT2D eigenvalue weighted by Crippen LogP contribution is 2.37. The SMILES string of the molecule is CC(=O)c1ccc(NC(=O)O[C@H]2CO[C@@H]3[C@@H]2OC[C@@H]3n2nnnc2Sc2ccccc2)cc1. The van der Waals surface area contributed by atoms with E-state index >= 15 is 0 Å². The molecule has 2 aromatic carbocycles. The molecule has 2 aliphatic heterocycles. The number of tetrazole rings is 1. The molecule has 5 rings (SSSR count). The zero-order chi connectivity index (χ0) is 22.8. The number of hydrogen-bond acceptors (Lipinski definition) is 9. The van der Waals surface area contributed by atoms with E-state index in [0.717, 1.165) is 4.90 Å². The average molecular weight is 468 g/mol. The predicted octanol–water partition coefficient (Wildman–Crippen LogP) is 2.98. The standard InChI is InChI=1S/C22H21N5O5S/c1-13(28)14-7-9-15(10-8-14)23-22(29)32-18-12-31-19-17(11-30-20(18)19)27-21(24-25-26-27)33-16-5-3-2-4-6-16/h2-10,17-20H,11-12H2,1H3,(H,23,29)/t17-,18-,19-,20+/m0/s1. The van der Waals surface area contributed by atoms with E-state index in [1.54, 1.807) is 28.9 Å². The number of ether oxygens (including phenoxy) is 3. The van der Waals surface area contributed by atoms with Crippen LogP contribution in [-0.2, 0) is 14.2 Å². The van der Waals surface area contributed by atoms with Crippen molar-refractivity contribution in [3.05, 3.63) is 60.2 Å². The molecule has 2 aliphatic rings. The van der Waals surface area contributed by atoms with Gasteiger partial charge in [-0.05, 0) is 65.5 Å². The van der Waals surface area contributed by atoms with E-state index in [1.165, 1.54) is 18.7 Å². The van der Waals surface area contributed by atoms with Crippen LogP contribution in [0.5, 0.6) is 0 Å². The van der Waals surface area contributed by atoms with Gasteiger partial charge in [-0.25, -0.2) is 9.48 Å². The summed E-state index contributed by atoms with van der Waals surface area (Å²) in [7, 11) is 0. The van der Waals surface area contributed by atoms with Crippen LogP contribution < -0.4 is 5.32 Å². The molecule has 1 aromatic heterocycles. The number of carbonyl (C=O) groups excluding carboxylic acids is 2. The van der Waals surface area contributed by atoms with Gasteiger partial charge in [0.05, 0.1) is 13.2 Å². The van der Waals surface area contributed by atoms with Gasteiger partial charge in [0.2, 0.25) is 5.16 Å². The molecule has 33 heavy (non-hydrogen) atoms. The highest BCUT2D eigenvalue weighted by Gasteiger charge is 2.51. The fraction of sp³-hybridized carbons (Fsp3) is 0.318. The molecule has 4 atom stereocenters. The molecular formula is C22H21N5O5S. The topological polar surface area (TPSA) is 117 Å². The maximum Gasteiger partial charge on any atom is 0.412 e. The van der Waals surface area contributed by atoms with Crippen molar-refractivity contribution in [1.29, 1.82) is 0 Å². The molecule has 0 bridgehead atoms. The highest BCUT2D eigenvalue weighted by molar-refractivity contribution is 7.99. The van der Waals surface area contributed by atoms with Gasteiger partial charge in [-0.3, -0.25) is 10.1 Å².